The molecule has 3 atom stereocenters. The van der Waals surface area contributed by atoms with Gasteiger partial charge in [0, 0.05) is 11.1 Å². The zero-order valence-corrected chi connectivity index (χ0v) is 18.4. The molecule has 9 heteroatoms. The summed E-state index contributed by atoms with van der Waals surface area (Å²) in [6.45, 7) is 0. The molecular formula is C27H16F3NO5. The van der Waals surface area contributed by atoms with Crippen molar-refractivity contribution in [3.63, 3.8) is 0 Å². The van der Waals surface area contributed by atoms with Crippen LogP contribution in [0, 0.1) is 11.8 Å². The summed E-state index contributed by atoms with van der Waals surface area (Å²) in [4.78, 5) is 55.4. The van der Waals surface area contributed by atoms with Crippen LogP contribution in [-0.4, -0.2) is 29.0 Å². The molecule has 0 N–H and O–H groups in total. The number of rotatable bonds is 2. The zero-order chi connectivity index (χ0) is 25.4. The van der Waals surface area contributed by atoms with E-state index in [0.717, 1.165) is 12.1 Å². The van der Waals surface area contributed by atoms with Crippen LogP contribution in [-0.2, 0) is 20.5 Å². The normalized spacial score (nSPS) is 24.5. The van der Waals surface area contributed by atoms with E-state index in [1.54, 1.807) is 42.5 Å². The third-order valence-electron chi connectivity index (χ3n) is 7.08. The van der Waals surface area contributed by atoms with Crippen molar-refractivity contribution in [3.05, 3.63) is 101 Å². The molecule has 3 aromatic carbocycles. The Bertz CT molecular complexity index is 1430. The van der Waals surface area contributed by atoms with Gasteiger partial charge in [-0.15, -0.1) is 0 Å². The number of alkyl halides is 3. The maximum absolute atomic E-state index is 13.8. The molecular weight excluding hydrogens is 475 g/mol. The lowest BCUT2D eigenvalue weighted by Gasteiger charge is -2.27. The first-order valence-corrected chi connectivity index (χ1v) is 11.1. The molecule has 3 aromatic rings. The van der Waals surface area contributed by atoms with Crippen molar-refractivity contribution in [1.82, 2.24) is 0 Å². The van der Waals surface area contributed by atoms with E-state index in [4.69, 9.17) is 4.74 Å². The number of amides is 2. The van der Waals surface area contributed by atoms with E-state index in [9.17, 15) is 32.3 Å². The predicted molar refractivity (Wildman–Crippen MR) is 119 cm³/mol. The van der Waals surface area contributed by atoms with Crippen LogP contribution >= 0.6 is 0 Å². The van der Waals surface area contributed by atoms with Crippen LogP contribution in [0.4, 0.5) is 18.9 Å². The van der Waals surface area contributed by atoms with Gasteiger partial charge >= 0.3 is 6.18 Å². The first kappa shape index (κ1) is 22.4. The van der Waals surface area contributed by atoms with Crippen molar-refractivity contribution in [1.29, 1.82) is 0 Å². The third-order valence-corrected chi connectivity index (χ3v) is 7.08. The molecule has 2 amide bonds. The minimum atomic E-state index is -4.70. The number of imide groups is 1. The highest BCUT2D eigenvalue weighted by atomic mass is 19.4. The van der Waals surface area contributed by atoms with Gasteiger partial charge in [0.2, 0.25) is 29.0 Å². The Balaban J connectivity index is 1.53. The average molecular weight is 491 g/mol. The summed E-state index contributed by atoms with van der Waals surface area (Å²) in [6.07, 6.45) is -5.83. The fraction of sp³-hybridized carbons (Fsp3) is 0.185. The molecule has 1 spiro atoms. The molecule has 2 heterocycles. The number of carbonyl (C=O) groups is 4. The van der Waals surface area contributed by atoms with Gasteiger partial charge in [0.15, 0.2) is 0 Å². The van der Waals surface area contributed by atoms with Crippen LogP contribution in [0.5, 0.6) is 0 Å². The molecule has 3 unspecified atom stereocenters. The SMILES string of the molecule is O=C1C2C(c3ccccc3)OC3(C(=O)c4ccccc4C3=O)C2C(=O)N1c1cccc(C(F)(F)F)c1. The summed E-state index contributed by atoms with van der Waals surface area (Å²) in [6, 6.07) is 18.2. The lowest BCUT2D eigenvalue weighted by Crippen LogP contribution is -2.51. The molecule has 1 aliphatic carbocycles. The van der Waals surface area contributed by atoms with Crippen molar-refractivity contribution in [2.24, 2.45) is 11.8 Å². The molecule has 3 aliphatic rings. The maximum atomic E-state index is 13.8. The summed E-state index contributed by atoms with van der Waals surface area (Å²) >= 11 is 0. The molecule has 180 valence electrons. The molecule has 6 rings (SSSR count). The fourth-order valence-electron chi connectivity index (χ4n) is 5.54. The molecule has 0 bridgehead atoms. The first-order valence-electron chi connectivity index (χ1n) is 11.1. The van der Waals surface area contributed by atoms with Crippen LogP contribution in [0.25, 0.3) is 0 Å². The number of halogens is 3. The van der Waals surface area contributed by atoms with E-state index < -0.39 is 58.7 Å². The van der Waals surface area contributed by atoms with Crippen molar-refractivity contribution in [3.8, 4) is 0 Å². The maximum Gasteiger partial charge on any atom is 0.416 e. The monoisotopic (exact) mass is 491 g/mol. The first-order chi connectivity index (χ1) is 17.2. The Morgan fingerprint density at radius 2 is 1.36 bits per heavy atom. The van der Waals surface area contributed by atoms with Gasteiger partial charge in [-0.05, 0) is 23.8 Å². The number of nitrogens with zero attached hydrogens (tertiary/aromatic N) is 1. The Morgan fingerprint density at radius 3 is 1.97 bits per heavy atom. The van der Waals surface area contributed by atoms with Crippen molar-refractivity contribution >= 4 is 29.1 Å². The van der Waals surface area contributed by atoms with Gasteiger partial charge in [0.25, 0.3) is 0 Å². The highest BCUT2D eigenvalue weighted by Crippen LogP contribution is 2.57. The van der Waals surface area contributed by atoms with E-state index >= 15 is 0 Å². The van der Waals surface area contributed by atoms with E-state index in [1.807, 2.05) is 0 Å². The van der Waals surface area contributed by atoms with Gasteiger partial charge in [-0.2, -0.15) is 13.2 Å². The number of Topliss-reactive ketones (excluding diaryl/α,β-unsaturated/α-hetero) is 2. The summed E-state index contributed by atoms with van der Waals surface area (Å²) in [5.41, 5.74) is -2.98. The highest BCUT2D eigenvalue weighted by molar-refractivity contribution is 6.37. The van der Waals surface area contributed by atoms with Crippen molar-refractivity contribution in [2.45, 2.75) is 17.9 Å². The molecule has 0 radical (unpaired) electrons. The van der Waals surface area contributed by atoms with Gasteiger partial charge < -0.3 is 4.74 Å². The van der Waals surface area contributed by atoms with Crippen molar-refractivity contribution in [2.75, 3.05) is 4.90 Å². The fourth-order valence-corrected chi connectivity index (χ4v) is 5.54. The largest absolute Gasteiger partial charge is 0.416 e. The average Bonchev–Trinajstić information content (AvgIpc) is 3.44. The van der Waals surface area contributed by atoms with E-state index in [1.165, 1.54) is 18.2 Å². The van der Waals surface area contributed by atoms with Gasteiger partial charge in [-0.3, -0.25) is 19.2 Å². The zero-order valence-electron chi connectivity index (χ0n) is 18.4. The molecule has 36 heavy (non-hydrogen) atoms. The quantitative estimate of drug-likeness (QED) is 0.392. The van der Waals surface area contributed by atoms with E-state index in [-0.39, 0.29) is 16.8 Å². The minimum Gasteiger partial charge on any atom is -0.349 e. The van der Waals surface area contributed by atoms with E-state index in [2.05, 4.69) is 0 Å². The van der Waals surface area contributed by atoms with Gasteiger partial charge in [0.05, 0.1) is 29.2 Å². The van der Waals surface area contributed by atoms with Gasteiger partial charge in [-0.1, -0.05) is 60.7 Å². The number of hydrogen-bond donors (Lipinski definition) is 0. The summed E-state index contributed by atoms with van der Waals surface area (Å²) in [7, 11) is 0. The molecule has 2 aliphatic heterocycles. The Morgan fingerprint density at radius 1 is 0.750 bits per heavy atom. The number of ether oxygens (including phenoxy) is 1. The Hall–Kier alpha value is -4.11. The Labute approximate surface area is 202 Å². The van der Waals surface area contributed by atoms with Crippen molar-refractivity contribution < 1.29 is 37.1 Å². The number of ketones is 2. The standard InChI is InChI=1S/C27H16F3NO5/c28-27(29,30)15-9-6-10-16(13-15)31-24(34)19-20(25(31)35)26(36-21(19)14-7-2-1-3-8-14)22(32)17-11-4-5-12-18(17)23(26)33/h1-13,19-21H. The van der Waals surface area contributed by atoms with Crippen LogP contribution in [0.3, 0.4) is 0 Å². The molecule has 0 saturated carbocycles. The Kier molecular flexibility index (Phi) is 4.62. The topological polar surface area (TPSA) is 80.8 Å². The van der Waals surface area contributed by atoms with Crippen LogP contribution in [0.2, 0.25) is 0 Å². The molecule has 2 saturated heterocycles. The molecule has 2 fully saturated rings. The van der Waals surface area contributed by atoms with Crippen LogP contribution < -0.4 is 4.90 Å². The minimum absolute atomic E-state index is 0.0766. The summed E-state index contributed by atoms with van der Waals surface area (Å²) in [5.74, 6) is -6.05. The number of fused-ring (bicyclic) bond motifs is 3. The number of benzene rings is 3. The second kappa shape index (κ2) is 7.44. The highest BCUT2D eigenvalue weighted by Gasteiger charge is 2.74. The number of hydrogen-bond acceptors (Lipinski definition) is 5. The summed E-state index contributed by atoms with van der Waals surface area (Å²) < 4.78 is 46.2. The number of carbonyl (C=O) groups excluding carboxylic acids is 4. The van der Waals surface area contributed by atoms with E-state index in [0.29, 0.717) is 16.5 Å². The van der Waals surface area contributed by atoms with Gasteiger partial charge in [-0.25, -0.2) is 4.90 Å². The summed E-state index contributed by atoms with van der Waals surface area (Å²) in [5, 5.41) is 0. The third kappa shape index (κ3) is 2.83. The molecule has 0 aromatic heterocycles. The lowest BCUT2D eigenvalue weighted by molar-refractivity contribution is -0.137. The van der Waals surface area contributed by atoms with Gasteiger partial charge in [0.1, 0.15) is 0 Å². The smallest absolute Gasteiger partial charge is 0.349 e. The van der Waals surface area contributed by atoms with Crippen LogP contribution in [0.1, 0.15) is 37.9 Å². The second-order valence-electron chi connectivity index (χ2n) is 8.95. The molecule has 6 nitrogen and oxygen atoms in total. The second-order valence-corrected chi connectivity index (χ2v) is 8.95. The van der Waals surface area contributed by atoms with Crippen LogP contribution in [0.15, 0.2) is 78.9 Å². The lowest BCUT2D eigenvalue weighted by atomic mass is 9.77. The predicted octanol–water partition coefficient (Wildman–Crippen LogP) is 4.40. The number of anilines is 1.